The molecule has 2 aromatic heterocycles. The number of aromatic nitrogens is 2. The Hall–Kier alpha value is -1.14. The van der Waals surface area contributed by atoms with E-state index in [9.17, 15) is 4.79 Å². The maximum atomic E-state index is 11.8. The number of anilines is 1. The standard InChI is InChI=1S/C9H8BrN3OS/c10-8-2-1-5(15-8)3-7(14)6-4-12-13-9(6)11/h1-2,4H,3H2,(H3,11,12,13). The summed E-state index contributed by atoms with van der Waals surface area (Å²) >= 11 is 4.89. The Morgan fingerprint density at radius 1 is 1.60 bits per heavy atom. The van der Waals surface area contributed by atoms with Crippen molar-refractivity contribution in [2.45, 2.75) is 6.42 Å². The first-order valence-electron chi connectivity index (χ1n) is 4.23. The van der Waals surface area contributed by atoms with Crippen LogP contribution in [0.1, 0.15) is 15.2 Å². The highest BCUT2D eigenvalue weighted by Gasteiger charge is 2.13. The average Bonchev–Trinajstić information content (AvgIpc) is 2.75. The normalized spacial score (nSPS) is 10.5. The Kier molecular flexibility index (Phi) is 2.88. The van der Waals surface area contributed by atoms with Crippen molar-refractivity contribution in [3.63, 3.8) is 0 Å². The summed E-state index contributed by atoms with van der Waals surface area (Å²) in [5.41, 5.74) is 6.01. The van der Waals surface area contributed by atoms with E-state index >= 15 is 0 Å². The highest BCUT2D eigenvalue weighted by atomic mass is 79.9. The van der Waals surface area contributed by atoms with Gasteiger partial charge in [0.1, 0.15) is 5.82 Å². The van der Waals surface area contributed by atoms with Crippen molar-refractivity contribution in [3.8, 4) is 0 Å². The van der Waals surface area contributed by atoms with Crippen molar-refractivity contribution in [1.29, 1.82) is 0 Å². The van der Waals surface area contributed by atoms with Crippen LogP contribution >= 0.6 is 27.3 Å². The van der Waals surface area contributed by atoms with Gasteiger partial charge in [0.25, 0.3) is 0 Å². The van der Waals surface area contributed by atoms with Gasteiger partial charge in [-0.25, -0.2) is 0 Å². The molecule has 3 N–H and O–H groups in total. The number of hydrogen-bond donors (Lipinski definition) is 2. The fourth-order valence-corrected chi connectivity index (χ4v) is 2.70. The molecule has 2 rings (SSSR count). The number of rotatable bonds is 3. The molecule has 0 aromatic carbocycles. The number of hydrogen-bond acceptors (Lipinski definition) is 4. The molecule has 0 unspecified atom stereocenters. The van der Waals surface area contributed by atoms with E-state index in [1.54, 1.807) is 11.3 Å². The molecule has 0 aliphatic heterocycles. The summed E-state index contributed by atoms with van der Waals surface area (Å²) in [5.74, 6) is 0.311. The first kappa shape index (κ1) is 10.4. The number of thiophene rings is 1. The molecule has 0 saturated heterocycles. The van der Waals surface area contributed by atoms with E-state index in [1.807, 2.05) is 12.1 Å². The molecule has 15 heavy (non-hydrogen) atoms. The van der Waals surface area contributed by atoms with Crippen LogP contribution < -0.4 is 5.73 Å². The highest BCUT2D eigenvalue weighted by Crippen LogP contribution is 2.23. The van der Waals surface area contributed by atoms with E-state index in [1.165, 1.54) is 6.20 Å². The molecule has 0 saturated carbocycles. The first-order valence-corrected chi connectivity index (χ1v) is 5.84. The van der Waals surface area contributed by atoms with Crippen molar-refractivity contribution in [1.82, 2.24) is 10.2 Å². The molecular formula is C9H8BrN3OS. The lowest BCUT2D eigenvalue weighted by Gasteiger charge is -1.95. The average molecular weight is 286 g/mol. The van der Waals surface area contributed by atoms with Crippen molar-refractivity contribution in [2.24, 2.45) is 0 Å². The minimum absolute atomic E-state index is 0.0180. The Bertz CT molecular complexity index is 491. The van der Waals surface area contributed by atoms with Crippen LogP contribution in [0.3, 0.4) is 0 Å². The van der Waals surface area contributed by atoms with Crippen LogP contribution in [-0.4, -0.2) is 16.0 Å². The van der Waals surface area contributed by atoms with Crippen LogP contribution in [0.5, 0.6) is 0 Å². The van der Waals surface area contributed by atoms with Gasteiger partial charge in [0, 0.05) is 11.3 Å². The summed E-state index contributed by atoms with van der Waals surface area (Å²) in [5, 5.41) is 6.25. The van der Waals surface area contributed by atoms with E-state index < -0.39 is 0 Å². The summed E-state index contributed by atoms with van der Waals surface area (Å²) < 4.78 is 1.02. The number of nitrogens with one attached hydrogen (secondary N) is 1. The predicted molar refractivity (Wildman–Crippen MR) is 63.1 cm³/mol. The fourth-order valence-electron chi connectivity index (χ4n) is 1.22. The van der Waals surface area contributed by atoms with E-state index in [0.717, 1.165) is 8.66 Å². The monoisotopic (exact) mass is 285 g/mol. The Morgan fingerprint density at radius 2 is 2.40 bits per heavy atom. The van der Waals surface area contributed by atoms with Crippen molar-refractivity contribution < 1.29 is 4.79 Å². The molecule has 0 bridgehead atoms. The Balaban J connectivity index is 2.14. The van der Waals surface area contributed by atoms with Crippen LogP contribution in [0.15, 0.2) is 22.1 Å². The molecular weight excluding hydrogens is 278 g/mol. The largest absolute Gasteiger partial charge is 0.383 e. The Morgan fingerprint density at radius 3 is 2.93 bits per heavy atom. The fraction of sp³-hybridized carbons (Fsp3) is 0.111. The number of nitrogen functional groups attached to an aromatic ring is 1. The second-order valence-corrected chi connectivity index (χ2v) is 5.55. The van der Waals surface area contributed by atoms with Gasteiger partial charge in [-0.3, -0.25) is 9.89 Å². The summed E-state index contributed by atoms with van der Waals surface area (Å²) in [4.78, 5) is 12.8. The summed E-state index contributed by atoms with van der Waals surface area (Å²) in [6, 6.07) is 3.84. The third-order valence-corrected chi connectivity index (χ3v) is 3.56. The molecule has 2 heterocycles. The van der Waals surface area contributed by atoms with Gasteiger partial charge in [0.2, 0.25) is 0 Å². The quantitative estimate of drug-likeness (QED) is 0.850. The van der Waals surface area contributed by atoms with Gasteiger partial charge in [-0.1, -0.05) is 0 Å². The lowest BCUT2D eigenvalue weighted by atomic mass is 10.1. The van der Waals surface area contributed by atoms with Gasteiger partial charge < -0.3 is 5.73 Å². The van der Waals surface area contributed by atoms with Crippen LogP contribution in [-0.2, 0) is 6.42 Å². The Labute approximate surface area is 98.6 Å². The molecule has 0 aliphatic carbocycles. The number of aromatic amines is 1. The second-order valence-electron chi connectivity index (χ2n) is 3.00. The van der Waals surface area contributed by atoms with E-state index in [4.69, 9.17) is 5.73 Å². The van der Waals surface area contributed by atoms with Crippen molar-refractivity contribution >= 4 is 38.9 Å². The molecule has 4 nitrogen and oxygen atoms in total. The minimum Gasteiger partial charge on any atom is -0.383 e. The first-order chi connectivity index (χ1) is 7.16. The number of ketones is 1. The number of nitrogens with two attached hydrogens (primary N) is 1. The van der Waals surface area contributed by atoms with E-state index in [0.29, 0.717) is 17.8 Å². The second kappa shape index (κ2) is 4.16. The zero-order valence-electron chi connectivity index (χ0n) is 7.66. The van der Waals surface area contributed by atoms with Crippen LogP contribution in [0.2, 0.25) is 0 Å². The lowest BCUT2D eigenvalue weighted by Crippen LogP contribution is -2.04. The van der Waals surface area contributed by atoms with Crippen LogP contribution in [0.25, 0.3) is 0 Å². The third kappa shape index (κ3) is 2.27. The molecule has 0 fully saturated rings. The van der Waals surface area contributed by atoms with Crippen LogP contribution in [0.4, 0.5) is 5.82 Å². The van der Waals surface area contributed by atoms with Gasteiger partial charge in [-0.2, -0.15) is 5.10 Å². The molecule has 0 radical (unpaired) electrons. The lowest BCUT2D eigenvalue weighted by molar-refractivity contribution is 0.0994. The van der Waals surface area contributed by atoms with E-state index in [2.05, 4.69) is 26.1 Å². The predicted octanol–water partition coefficient (Wildman–Crippen LogP) is 2.24. The molecule has 2 aromatic rings. The van der Waals surface area contributed by atoms with E-state index in [-0.39, 0.29) is 5.78 Å². The highest BCUT2D eigenvalue weighted by molar-refractivity contribution is 9.11. The molecule has 0 atom stereocenters. The minimum atomic E-state index is -0.0180. The number of Topliss-reactive ketones (excluding diaryl/α,β-unsaturated/α-hetero) is 1. The topological polar surface area (TPSA) is 71.8 Å². The molecule has 0 amide bonds. The number of carbonyl (C=O) groups is 1. The number of carbonyl (C=O) groups excluding carboxylic acids is 1. The SMILES string of the molecule is Nc1[nH]ncc1C(=O)Cc1ccc(Br)s1. The van der Waals surface area contributed by atoms with Gasteiger partial charge >= 0.3 is 0 Å². The smallest absolute Gasteiger partial charge is 0.173 e. The van der Waals surface area contributed by atoms with Gasteiger partial charge in [-0.15, -0.1) is 11.3 Å². The summed E-state index contributed by atoms with van der Waals surface area (Å²) in [7, 11) is 0. The molecule has 6 heteroatoms. The molecule has 0 spiro atoms. The zero-order chi connectivity index (χ0) is 10.8. The number of halogens is 1. The maximum absolute atomic E-state index is 11.8. The van der Waals surface area contributed by atoms with Gasteiger partial charge in [0.05, 0.1) is 15.5 Å². The molecule has 0 aliphatic rings. The summed E-state index contributed by atoms with van der Waals surface area (Å²) in [6.07, 6.45) is 1.82. The van der Waals surface area contributed by atoms with Crippen molar-refractivity contribution in [2.75, 3.05) is 5.73 Å². The third-order valence-electron chi connectivity index (χ3n) is 1.93. The van der Waals surface area contributed by atoms with Gasteiger partial charge in [-0.05, 0) is 28.1 Å². The molecule has 78 valence electrons. The van der Waals surface area contributed by atoms with Crippen LogP contribution in [0, 0.1) is 0 Å². The van der Waals surface area contributed by atoms with Crippen molar-refractivity contribution in [3.05, 3.63) is 32.6 Å². The number of nitrogens with zero attached hydrogens (tertiary/aromatic N) is 1. The maximum Gasteiger partial charge on any atom is 0.173 e. The number of H-pyrrole nitrogens is 1. The van der Waals surface area contributed by atoms with Gasteiger partial charge in [0.15, 0.2) is 5.78 Å². The zero-order valence-corrected chi connectivity index (χ0v) is 10.1. The summed E-state index contributed by atoms with van der Waals surface area (Å²) in [6.45, 7) is 0.